The minimum atomic E-state index is -1.34. The van der Waals surface area contributed by atoms with Crippen molar-refractivity contribution in [2.24, 2.45) is 0 Å². The van der Waals surface area contributed by atoms with Crippen molar-refractivity contribution in [3.63, 3.8) is 0 Å². The summed E-state index contributed by atoms with van der Waals surface area (Å²) in [6.45, 7) is 1.99. The first-order valence-corrected chi connectivity index (χ1v) is 13.0. The fourth-order valence-corrected chi connectivity index (χ4v) is 4.80. The van der Waals surface area contributed by atoms with Gasteiger partial charge in [0.1, 0.15) is 12.4 Å². The number of carboxylic acids is 1. The van der Waals surface area contributed by atoms with E-state index in [4.69, 9.17) is 4.74 Å². The van der Waals surface area contributed by atoms with E-state index in [9.17, 15) is 14.7 Å². The van der Waals surface area contributed by atoms with Crippen LogP contribution in [0.2, 0.25) is 0 Å². The van der Waals surface area contributed by atoms with Crippen LogP contribution in [0.5, 0.6) is 5.75 Å². The molecular formula is C32H29FN2O4. The van der Waals surface area contributed by atoms with Crippen LogP contribution in [0.1, 0.15) is 45.5 Å². The number of hydrogen-bond donors (Lipinski definition) is 2. The van der Waals surface area contributed by atoms with E-state index in [-0.39, 0.29) is 29.0 Å². The monoisotopic (exact) mass is 524 g/mol. The Hall–Kier alpha value is -4.65. The molecule has 6 nitrogen and oxygen atoms in total. The topological polar surface area (TPSA) is 78.9 Å². The van der Waals surface area contributed by atoms with Crippen molar-refractivity contribution >= 4 is 23.3 Å². The van der Waals surface area contributed by atoms with E-state index in [0.717, 1.165) is 43.6 Å². The summed E-state index contributed by atoms with van der Waals surface area (Å²) >= 11 is 0. The molecule has 39 heavy (non-hydrogen) atoms. The van der Waals surface area contributed by atoms with Crippen LogP contribution in [0.3, 0.4) is 0 Å². The van der Waals surface area contributed by atoms with E-state index in [1.807, 2.05) is 42.5 Å². The van der Waals surface area contributed by atoms with Gasteiger partial charge in [-0.2, -0.15) is 0 Å². The highest BCUT2D eigenvalue weighted by Crippen LogP contribution is 2.33. The third kappa shape index (κ3) is 5.93. The Morgan fingerprint density at radius 1 is 0.846 bits per heavy atom. The van der Waals surface area contributed by atoms with Crippen LogP contribution in [0, 0.1) is 5.82 Å². The smallest absolute Gasteiger partial charge is 0.337 e. The van der Waals surface area contributed by atoms with E-state index in [0.29, 0.717) is 11.3 Å². The first-order valence-electron chi connectivity index (χ1n) is 13.0. The molecule has 1 aliphatic rings. The quantitative estimate of drug-likeness (QED) is 0.259. The lowest BCUT2D eigenvalue weighted by atomic mass is 10.0. The molecule has 0 aromatic heterocycles. The molecule has 2 N–H and O–H groups in total. The van der Waals surface area contributed by atoms with Gasteiger partial charge >= 0.3 is 5.97 Å². The molecule has 0 atom stereocenters. The summed E-state index contributed by atoms with van der Waals surface area (Å²) < 4.78 is 21.8. The molecule has 5 rings (SSSR count). The van der Waals surface area contributed by atoms with Crippen LogP contribution in [-0.4, -0.2) is 30.1 Å². The molecule has 0 aliphatic carbocycles. The number of carboxylic acid groups (broad SMARTS) is 1. The van der Waals surface area contributed by atoms with E-state index >= 15 is 4.39 Å². The number of anilines is 2. The summed E-state index contributed by atoms with van der Waals surface area (Å²) in [6.07, 6.45) is 3.29. The number of amides is 1. The van der Waals surface area contributed by atoms with Crippen molar-refractivity contribution in [1.29, 1.82) is 0 Å². The van der Waals surface area contributed by atoms with Crippen LogP contribution in [0.15, 0.2) is 91.0 Å². The fourth-order valence-electron chi connectivity index (χ4n) is 4.80. The molecule has 1 aliphatic heterocycles. The van der Waals surface area contributed by atoms with E-state index in [1.165, 1.54) is 12.1 Å². The number of benzene rings is 4. The van der Waals surface area contributed by atoms with Gasteiger partial charge in [-0.25, -0.2) is 9.18 Å². The van der Waals surface area contributed by atoms with Gasteiger partial charge in [-0.1, -0.05) is 66.7 Å². The molecule has 0 bridgehead atoms. The van der Waals surface area contributed by atoms with Crippen molar-refractivity contribution in [2.75, 3.05) is 23.3 Å². The highest BCUT2D eigenvalue weighted by Gasteiger charge is 2.24. The second-order valence-corrected chi connectivity index (χ2v) is 9.48. The maximum Gasteiger partial charge on any atom is 0.337 e. The lowest BCUT2D eigenvalue weighted by Crippen LogP contribution is -2.29. The Morgan fingerprint density at radius 2 is 1.54 bits per heavy atom. The van der Waals surface area contributed by atoms with Crippen molar-refractivity contribution in [3.8, 4) is 16.9 Å². The molecule has 1 amide bonds. The first kappa shape index (κ1) is 26.0. The number of piperidine rings is 1. The van der Waals surface area contributed by atoms with Gasteiger partial charge in [0.2, 0.25) is 0 Å². The zero-order valence-corrected chi connectivity index (χ0v) is 21.4. The Morgan fingerprint density at radius 3 is 2.23 bits per heavy atom. The van der Waals surface area contributed by atoms with Crippen LogP contribution >= 0.6 is 0 Å². The molecule has 0 spiro atoms. The second-order valence-electron chi connectivity index (χ2n) is 9.48. The highest BCUT2D eigenvalue weighted by molar-refractivity contribution is 6.10. The SMILES string of the molecule is O=C(Nc1c(C(=O)O)ccc(-c2ccccc2)c1F)c1cc(N2CCCCC2)ccc1OCc1ccccc1. The predicted octanol–water partition coefficient (Wildman–Crippen LogP) is 7.01. The Bertz CT molecular complexity index is 1470. The number of aromatic carboxylic acids is 1. The third-order valence-corrected chi connectivity index (χ3v) is 6.86. The number of nitrogens with one attached hydrogen (secondary N) is 1. The number of carbonyl (C=O) groups is 2. The first-order chi connectivity index (χ1) is 19.0. The number of ether oxygens (including phenoxy) is 1. The van der Waals surface area contributed by atoms with Gasteiger partial charge < -0.3 is 20.1 Å². The average Bonchev–Trinajstić information content (AvgIpc) is 2.98. The summed E-state index contributed by atoms with van der Waals surface area (Å²) in [6, 6.07) is 26.5. The van der Waals surface area contributed by atoms with Crippen LogP contribution in [0.4, 0.5) is 15.8 Å². The van der Waals surface area contributed by atoms with Gasteiger partial charge in [0.15, 0.2) is 5.82 Å². The van der Waals surface area contributed by atoms with Crippen LogP contribution in [-0.2, 0) is 6.61 Å². The van der Waals surface area contributed by atoms with Gasteiger partial charge in [0.25, 0.3) is 5.91 Å². The van der Waals surface area contributed by atoms with Crippen molar-refractivity contribution in [2.45, 2.75) is 25.9 Å². The molecular weight excluding hydrogens is 495 g/mol. The molecule has 0 saturated carbocycles. The standard InChI is InChI=1S/C32H29FN2O4/c33-29-25(23-12-6-2-7-13-23)15-16-26(32(37)38)30(29)34-31(36)27-20-24(35-18-8-3-9-19-35)14-17-28(27)39-21-22-10-4-1-5-11-22/h1-2,4-7,10-17,20H,3,8-9,18-19,21H2,(H,34,36)(H,37,38). The van der Waals surface area contributed by atoms with Crippen LogP contribution < -0.4 is 15.0 Å². The van der Waals surface area contributed by atoms with Crippen molar-refractivity contribution < 1.29 is 23.8 Å². The zero-order valence-electron chi connectivity index (χ0n) is 21.4. The highest BCUT2D eigenvalue weighted by atomic mass is 19.1. The Balaban J connectivity index is 1.51. The number of rotatable bonds is 8. The minimum absolute atomic E-state index is 0.193. The predicted molar refractivity (Wildman–Crippen MR) is 150 cm³/mol. The molecule has 4 aromatic rings. The molecule has 0 radical (unpaired) electrons. The van der Waals surface area contributed by atoms with Crippen molar-refractivity contribution in [3.05, 3.63) is 114 Å². The second kappa shape index (κ2) is 11.8. The average molecular weight is 525 g/mol. The lowest BCUT2D eigenvalue weighted by molar-refractivity contribution is 0.0697. The van der Waals surface area contributed by atoms with Crippen molar-refractivity contribution in [1.82, 2.24) is 0 Å². The Kier molecular flexibility index (Phi) is 7.87. The molecule has 198 valence electrons. The largest absolute Gasteiger partial charge is 0.488 e. The maximum absolute atomic E-state index is 15.8. The van der Waals surface area contributed by atoms with Gasteiger partial charge in [-0.15, -0.1) is 0 Å². The number of hydrogen-bond acceptors (Lipinski definition) is 4. The lowest BCUT2D eigenvalue weighted by Gasteiger charge is -2.29. The summed E-state index contributed by atoms with van der Waals surface area (Å²) in [7, 11) is 0. The molecule has 1 fully saturated rings. The molecule has 1 heterocycles. The van der Waals surface area contributed by atoms with Gasteiger partial charge in [0.05, 0.1) is 16.8 Å². The summed E-state index contributed by atoms with van der Waals surface area (Å²) in [5.74, 6) is -2.48. The summed E-state index contributed by atoms with van der Waals surface area (Å²) in [5, 5.41) is 12.3. The molecule has 1 saturated heterocycles. The molecule has 0 unspecified atom stereocenters. The normalized spacial score (nSPS) is 13.1. The fraction of sp³-hybridized carbons (Fsp3) is 0.188. The zero-order chi connectivity index (χ0) is 27.2. The summed E-state index contributed by atoms with van der Waals surface area (Å²) in [4.78, 5) is 27.9. The van der Waals surface area contributed by atoms with Gasteiger partial charge in [-0.05, 0) is 54.7 Å². The maximum atomic E-state index is 15.8. The Labute approximate surface area is 226 Å². The molecule has 4 aromatic carbocycles. The minimum Gasteiger partial charge on any atom is -0.488 e. The third-order valence-electron chi connectivity index (χ3n) is 6.86. The molecule has 7 heteroatoms. The number of nitrogens with zero attached hydrogens (tertiary/aromatic N) is 1. The number of carbonyl (C=O) groups excluding carboxylic acids is 1. The van der Waals surface area contributed by atoms with Gasteiger partial charge in [-0.3, -0.25) is 4.79 Å². The number of halogens is 1. The van der Waals surface area contributed by atoms with Crippen LogP contribution in [0.25, 0.3) is 11.1 Å². The van der Waals surface area contributed by atoms with E-state index in [2.05, 4.69) is 10.2 Å². The van der Waals surface area contributed by atoms with Gasteiger partial charge in [0, 0.05) is 24.3 Å². The van der Waals surface area contributed by atoms with E-state index in [1.54, 1.807) is 36.4 Å². The summed E-state index contributed by atoms with van der Waals surface area (Å²) in [5.41, 5.74) is 2.04. The van der Waals surface area contributed by atoms with E-state index < -0.39 is 17.7 Å².